The van der Waals surface area contributed by atoms with Gasteiger partial charge in [-0.3, -0.25) is 0 Å². The van der Waals surface area contributed by atoms with Crippen LogP contribution in [0.15, 0.2) is 66.7 Å². The number of ether oxygens (including phenoxy) is 2. The highest BCUT2D eigenvalue weighted by Crippen LogP contribution is 2.38. The molecule has 1 saturated carbocycles. The first-order valence-corrected chi connectivity index (χ1v) is 13.8. The second-order valence-corrected chi connectivity index (χ2v) is 10.6. The van der Waals surface area contributed by atoms with Crippen LogP contribution in [0.4, 0.5) is 13.2 Å². The van der Waals surface area contributed by atoms with Crippen LogP contribution in [0.1, 0.15) is 51.8 Å². The van der Waals surface area contributed by atoms with Gasteiger partial charge in [-0.05, 0) is 66.9 Å². The maximum Gasteiger partial charge on any atom is 0.335 e. The number of pyridine rings is 1. The van der Waals surface area contributed by atoms with Gasteiger partial charge in [-0.25, -0.2) is 27.9 Å². The summed E-state index contributed by atoms with van der Waals surface area (Å²) in [6, 6.07) is 17.2. The zero-order chi connectivity index (χ0) is 31.0. The predicted octanol–water partition coefficient (Wildman–Crippen LogP) is 6.61. The zero-order valence-corrected chi connectivity index (χ0v) is 23.4. The molecule has 11 heteroatoms. The summed E-state index contributed by atoms with van der Waals surface area (Å²) in [6.45, 7) is -0.176. The Kier molecular flexibility index (Phi) is 7.76. The van der Waals surface area contributed by atoms with Crippen molar-refractivity contribution in [1.82, 2.24) is 14.5 Å². The topological polar surface area (TPSA) is 110 Å². The molecule has 44 heavy (non-hydrogen) atoms. The highest BCUT2D eigenvalue weighted by molar-refractivity contribution is 5.92. The molecule has 0 radical (unpaired) electrons. The lowest BCUT2D eigenvalue weighted by Gasteiger charge is -2.36. The molecule has 1 fully saturated rings. The molecule has 222 valence electrons. The molecule has 0 aliphatic heterocycles. The van der Waals surface area contributed by atoms with Crippen LogP contribution < -0.4 is 4.74 Å². The van der Waals surface area contributed by atoms with Crippen LogP contribution in [0.3, 0.4) is 0 Å². The number of fused-ring (bicyclic) bond motifs is 1. The van der Waals surface area contributed by atoms with E-state index >= 15 is 8.78 Å². The largest absolute Gasteiger partial charge is 0.478 e. The Morgan fingerprint density at radius 1 is 1.00 bits per heavy atom. The maximum atomic E-state index is 15.5. The van der Waals surface area contributed by atoms with Crippen molar-refractivity contribution in [3.8, 4) is 23.2 Å². The van der Waals surface area contributed by atoms with Crippen molar-refractivity contribution >= 4 is 17.0 Å². The van der Waals surface area contributed by atoms with Crippen LogP contribution in [0, 0.1) is 28.8 Å². The van der Waals surface area contributed by atoms with E-state index in [4.69, 9.17) is 14.7 Å². The SMILES string of the molecule is COC1CC(n2c(Cc3cc(F)c(-c4cccc(OCc5ccc(C#N)cc5F)n4)cc3F)nc3ccc(C(=O)O)cc32)C1. The average molecular weight is 599 g/mol. The Morgan fingerprint density at radius 2 is 1.80 bits per heavy atom. The minimum atomic E-state index is -1.07. The summed E-state index contributed by atoms with van der Waals surface area (Å²) in [5, 5.41) is 18.4. The van der Waals surface area contributed by atoms with Crippen LogP contribution in [0.5, 0.6) is 5.88 Å². The number of nitriles is 1. The first-order chi connectivity index (χ1) is 21.2. The lowest BCUT2D eigenvalue weighted by atomic mass is 9.88. The maximum absolute atomic E-state index is 15.5. The van der Waals surface area contributed by atoms with Crippen LogP contribution in [0.25, 0.3) is 22.3 Å². The van der Waals surface area contributed by atoms with E-state index in [1.54, 1.807) is 25.3 Å². The molecule has 2 heterocycles. The fourth-order valence-electron chi connectivity index (χ4n) is 5.37. The third kappa shape index (κ3) is 5.59. The number of methoxy groups -OCH3 is 1. The van der Waals surface area contributed by atoms with Gasteiger partial charge in [-0.15, -0.1) is 0 Å². The number of carbonyl (C=O) groups is 1. The molecule has 0 bridgehead atoms. The molecular weight excluding hydrogens is 573 g/mol. The third-order valence-corrected chi connectivity index (χ3v) is 7.82. The van der Waals surface area contributed by atoms with E-state index in [2.05, 4.69) is 9.97 Å². The summed E-state index contributed by atoms with van der Waals surface area (Å²) in [6.07, 6.45) is 1.39. The van der Waals surface area contributed by atoms with Crippen molar-refractivity contribution in [3.63, 3.8) is 0 Å². The molecule has 6 rings (SSSR count). The first kappa shape index (κ1) is 28.9. The number of benzene rings is 3. The van der Waals surface area contributed by atoms with E-state index < -0.39 is 23.4 Å². The normalized spacial score (nSPS) is 16.0. The number of rotatable bonds is 9. The summed E-state index contributed by atoms with van der Waals surface area (Å²) in [5.74, 6) is -2.48. The Morgan fingerprint density at radius 3 is 2.52 bits per heavy atom. The summed E-state index contributed by atoms with van der Waals surface area (Å²) in [5.41, 5.74) is 1.79. The molecule has 0 saturated heterocycles. The lowest BCUT2D eigenvalue weighted by Crippen LogP contribution is -2.33. The summed E-state index contributed by atoms with van der Waals surface area (Å²) < 4.78 is 58.1. The van der Waals surface area contributed by atoms with Gasteiger partial charge in [-0.2, -0.15) is 5.26 Å². The van der Waals surface area contributed by atoms with Crippen LogP contribution in [-0.2, 0) is 17.8 Å². The summed E-state index contributed by atoms with van der Waals surface area (Å²) in [7, 11) is 1.63. The van der Waals surface area contributed by atoms with Gasteiger partial charge in [-0.1, -0.05) is 12.1 Å². The van der Waals surface area contributed by atoms with Gasteiger partial charge in [0.25, 0.3) is 0 Å². The quantitative estimate of drug-likeness (QED) is 0.203. The summed E-state index contributed by atoms with van der Waals surface area (Å²) >= 11 is 0. The van der Waals surface area contributed by atoms with Gasteiger partial charge in [0.05, 0.1) is 40.0 Å². The fourth-order valence-corrected chi connectivity index (χ4v) is 5.37. The van der Waals surface area contributed by atoms with Crippen molar-refractivity contribution in [3.05, 3.63) is 112 Å². The molecule has 0 unspecified atom stereocenters. The van der Waals surface area contributed by atoms with E-state index in [0.29, 0.717) is 29.7 Å². The summed E-state index contributed by atoms with van der Waals surface area (Å²) in [4.78, 5) is 20.6. The number of carboxylic acids is 1. The van der Waals surface area contributed by atoms with E-state index in [-0.39, 0.29) is 64.6 Å². The van der Waals surface area contributed by atoms with Crippen LogP contribution in [0.2, 0.25) is 0 Å². The van der Waals surface area contributed by atoms with E-state index in [0.717, 1.165) is 18.2 Å². The molecule has 1 N–H and O–H groups in total. The number of aromatic nitrogens is 3. The smallest absolute Gasteiger partial charge is 0.335 e. The molecule has 2 aromatic heterocycles. The molecule has 1 aliphatic carbocycles. The van der Waals surface area contributed by atoms with E-state index in [9.17, 15) is 14.3 Å². The molecular formula is C33H25F3N4O4. The van der Waals surface area contributed by atoms with E-state index in [1.807, 2.05) is 10.6 Å². The van der Waals surface area contributed by atoms with Crippen molar-refractivity contribution in [2.45, 2.75) is 38.0 Å². The minimum Gasteiger partial charge on any atom is -0.478 e. The lowest BCUT2D eigenvalue weighted by molar-refractivity contribution is 0.00665. The Labute approximate surface area is 249 Å². The molecule has 1 aliphatic rings. The number of aromatic carboxylic acids is 1. The standard InChI is InChI=1S/C33H25F3N4O4/c1-43-23-13-22(14-23)40-30-11-19(33(41)42)7-8-29(30)38-31(40)12-21-10-27(36)24(15-26(21)35)28-3-2-4-32(39-28)44-17-20-6-5-18(16-37)9-25(20)34/h2-11,15,22-23H,12-14,17H2,1H3,(H,41,42). The minimum absolute atomic E-state index is 0.0268. The Bertz CT molecular complexity index is 1950. The number of imidazole rings is 1. The number of nitrogens with zero attached hydrogens (tertiary/aromatic N) is 4. The second-order valence-electron chi connectivity index (χ2n) is 10.6. The van der Waals surface area contributed by atoms with Crippen molar-refractivity contribution in [2.75, 3.05) is 7.11 Å². The molecule has 5 aromatic rings. The predicted molar refractivity (Wildman–Crippen MR) is 154 cm³/mol. The number of hydrogen-bond donors (Lipinski definition) is 1. The molecule has 8 nitrogen and oxygen atoms in total. The van der Waals surface area contributed by atoms with Gasteiger partial charge in [0.15, 0.2) is 0 Å². The van der Waals surface area contributed by atoms with Crippen LogP contribution in [-0.4, -0.2) is 38.8 Å². The monoisotopic (exact) mass is 598 g/mol. The Hall–Kier alpha value is -5.21. The number of halogens is 3. The highest BCUT2D eigenvalue weighted by Gasteiger charge is 2.33. The Balaban J connectivity index is 1.27. The van der Waals surface area contributed by atoms with Gasteiger partial charge in [0.2, 0.25) is 5.88 Å². The average Bonchev–Trinajstić information content (AvgIpc) is 3.34. The fraction of sp³-hybridized carbons (Fsp3) is 0.212. The van der Waals surface area contributed by atoms with Gasteiger partial charge in [0, 0.05) is 36.8 Å². The number of carboxylic acid groups (broad SMARTS) is 1. The molecule has 0 spiro atoms. The van der Waals surface area contributed by atoms with Gasteiger partial charge in [0.1, 0.15) is 29.9 Å². The number of hydrogen-bond acceptors (Lipinski definition) is 6. The third-order valence-electron chi connectivity index (χ3n) is 7.82. The molecule has 0 amide bonds. The highest BCUT2D eigenvalue weighted by atomic mass is 19.1. The van der Waals surface area contributed by atoms with Crippen molar-refractivity contribution in [2.24, 2.45) is 0 Å². The van der Waals surface area contributed by atoms with E-state index in [1.165, 1.54) is 30.3 Å². The van der Waals surface area contributed by atoms with Gasteiger partial charge < -0.3 is 19.1 Å². The molecule has 3 aromatic carbocycles. The molecule has 0 atom stereocenters. The van der Waals surface area contributed by atoms with Crippen molar-refractivity contribution < 1.29 is 32.5 Å². The van der Waals surface area contributed by atoms with Gasteiger partial charge >= 0.3 is 5.97 Å². The first-order valence-electron chi connectivity index (χ1n) is 13.8. The van der Waals surface area contributed by atoms with Crippen molar-refractivity contribution in [1.29, 1.82) is 5.26 Å². The second kappa shape index (κ2) is 11.8. The zero-order valence-electron chi connectivity index (χ0n) is 23.4. The van der Waals surface area contributed by atoms with Crippen LogP contribution >= 0.6 is 0 Å².